The third-order valence-electron chi connectivity index (χ3n) is 2.37. The first-order chi connectivity index (χ1) is 7.56. The molecular formula is C11H6BrFN2O. The van der Waals surface area contributed by atoms with Gasteiger partial charge in [-0.1, -0.05) is 0 Å². The van der Waals surface area contributed by atoms with Crippen molar-refractivity contribution in [1.82, 2.24) is 4.98 Å². The third kappa shape index (κ3) is 1.42. The molecular weight excluding hydrogens is 275 g/mol. The standard InChI is InChI=1S/C11H6BrFN2O/c1-5-2-7(13)9(12)8-10(5)15-4-6(3-14)11(8)16/h2,4H,1H3,(H,15,16). The van der Waals surface area contributed by atoms with Crippen LogP contribution in [0.4, 0.5) is 4.39 Å². The van der Waals surface area contributed by atoms with E-state index in [9.17, 15) is 9.18 Å². The second-order valence-corrected chi connectivity index (χ2v) is 4.18. The number of H-pyrrole nitrogens is 1. The molecule has 0 fully saturated rings. The van der Waals surface area contributed by atoms with E-state index in [2.05, 4.69) is 20.9 Å². The zero-order valence-corrected chi connectivity index (χ0v) is 9.85. The first-order valence-corrected chi connectivity index (χ1v) is 5.25. The lowest BCUT2D eigenvalue weighted by Gasteiger charge is -2.05. The molecule has 0 saturated carbocycles. The molecule has 0 radical (unpaired) electrons. The fraction of sp³-hybridized carbons (Fsp3) is 0.0909. The lowest BCUT2D eigenvalue weighted by Crippen LogP contribution is -2.09. The van der Waals surface area contributed by atoms with Gasteiger partial charge in [-0.2, -0.15) is 5.26 Å². The van der Waals surface area contributed by atoms with Crippen LogP contribution in [0.25, 0.3) is 10.9 Å². The van der Waals surface area contributed by atoms with Gasteiger partial charge in [0, 0.05) is 6.20 Å². The van der Waals surface area contributed by atoms with Gasteiger partial charge in [0.05, 0.1) is 15.4 Å². The topological polar surface area (TPSA) is 56.6 Å². The predicted octanol–water partition coefficient (Wildman–Crippen LogP) is 2.61. The summed E-state index contributed by atoms with van der Waals surface area (Å²) in [5.41, 5.74) is 0.665. The Balaban J connectivity index is 3.10. The lowest BCUT2D eigenvalue weighted by molar-refractivity contribution is 0.622. The van der Waals surface area contributed by atoms with Crippen molar-refractivity contribution in [2.75, 3.05) is 0 Å². The molecule has 0 unspecified atom stereocenters. The monoisotopic (exact) mass is 280 g/mol. The fourth-order valence-corrected chi connectivity index (χ4v) is 2.07. The number of benzene rings is 1. The summed E-state index contributed by atoms with van der Waals surface area (Å²) in [5.74, 6) is -0.509. The zero-order chi connectivity index (χ0) is 11.9. The van der Waals surface area contributed by atoms with Gasteiger partial charge in [0.15, 0.2) is 0 Å². The highest BCUT2D eigenvalue weighted by atomic mass is 79.9. The van der Waals surface area contributed by atoms with E-state index >= 15 is 0 Å². The van der Waals surface area contributed by atoms with Gasteiger partial charge >= 0.3 is 0 Å². The summed E-state index contributed by atoms with van der Waals surface area (Å²) < 4.78 is 13.5. The van der Waals surface area contributed by atoms with Crippen LogP contribution in [0.2, 0.25) is 0 Å². The van der Waals surface area contributed by atoms with Crippen LogP contribution in [0.15, 0.2) is 21.5 Å². The Labute approximate surface area is 98.6 Å². The first kappa shape index (κ1) is 10.8. The van der Waals surface area contributed by atoms with Gasteiger partial charge < -0.3 is 4.98 Å². The molecule has 16 heavy (non-hydrogen) atoms. The first-order valence-electron chi connectivity index (χ1n) is 4.46. The van der Waals surface area contributed by atoms with Gasteiger partial charge in [0.25, 0.3) is 0 Å². The van der Waals surface area contributed by atoms with Crippen LogP contribution in [0.5, 0.6) is 0 Å². The molecule has 0 atom stereocenters. The maximum atomic E-state index is 13.4. The van der Waals surface area contributed by atoms with E-state index in [4.69, 9.17) is 5.26 Å². The number of nitrogens with one attached hydrogen (secondary N) is 1. The van der Waals surface area contributed by atoms with Crippen LogP contribution >= 0.6 is 15.9 Å². The summed E-state index contributed by atoms with van der Waals surface area (Å²) in [7, 11) is 0. The number of pyridine rings is 1. The molecule has 2 aromatic rings. The van der Waals surface area contributed by atoms with Gasteiger partial charge in [0.1, 0.15) is 17.4 Å². The highest BCUT2D eigenvalue weighted by molar-refractivity contribution is 9.10. The average Bonchev–Trinajstić information content (AvgIpc) is 2.26. The van der Waals surface area contributed by atoms with E-state index in [0.29, 0.717) is 11.1 Å². The second kappa shape index (κ2) is 3.72. The summed E-state index contributed by atoms with van der Waals surface area (Å²) in [5, 5.41) is 8.91. The highest BCUT2D eigenvalue weighted by Gasteiger charge is 2.13. The lowest BCUT2D eigenvalue weighted by atomic mass is 10.1. The molecule has 80 valence electrons. The van der Waals surface area contributed by atoms with E-state index in [1.54, 1.807) is 13.0 Å². The van der Waals surface area contributed by atoms with Crippen LogP contribution in [-0.4, -0.2) is 4.98 Å². The Morgan fingerprint density at radius 1 is 1.56 bits per heavy atom. The second-order valence-electron chi connectivity index (χ2n) is 3.38. The molecule has 2 rings (SSSR count). The summed E-state index contributed by atoms with van der Waals surface area (Å²) in [6, 6.07) is 3.09. The van der Waals surface area contributed by atoms with Crippen molar-refractivity contribution in [1.29, 1.82) is 5.26 Å². The van der Waals surface area contributed by atoms with Gasteiger partial charge in [-0.15, -0.1) is 0 Å². The van der Waals surface area contributed by atoms with Crippen molar-refractivity contribution in [3.63, 3.8) is 0 Å². The molecule has 0 saturated heterocycles. The van der Waals surface area contributed by atoms with E-state index in [1.807, 2.05) is 0 Å². The van der Waals surface area contributed by atoms with E-state index in [1.165, 1.54) is 12.3 Å². The van der Waals surface area contributed by atoms with Crippen molar-refractivity contribution in [2.24, 2.45) is 0 Å². The van der Waals surface area contributed by atoms with Crippen LogP contribution in [0, 0.1) is 24.1 Å². The van der Waals surface area contributed by atoms with Crippen molar-refractivity contribution in [3.8, 4) is 6.07 Å². The highest BCUT2D eigenvalue weighted by Crippen LogP contribution is 2.26. The molecule has 1 aromatic carbocycles. The number of nitrogens with zero attached hydrogens (tertiary/aromatic N) is 1. The minimum absolute atomic E-state index is 0.0294. The molecule has 1 N–H and O–H groups in total. The zero-order valence-electron chi connectivity index (χ0n) is 8.27. The van der Waals surface area contributed by atoms with Crippen molar-refractivity contribution in [3.05, 3.63) is 43.9 Å². The molecule has 0 amide bonds. The van der Waals surface area contributed by atoms with E-state index in [0.717, 1.165) is 0 Å². The summed E-state index contributed by atoms with van der Waals surface area (Å²) in [6.45, 7) is 1.69. The molecule has 0 spiro atoms. The van der Waals surface area contributed by atoms with Crippen LogP contribution in [-0.2, 0) is 0 Å². The maximum absolute atomic E-state index is 13.4. The van der Waals surface area contributed by atoms with E-state index < -0.39 is 11.2 Å². The van der Waals surface area contributed by atoms with Gasteiger partial charge in [-0.05, 0) is 34.5 Å². The Morgan fingerprint density at radius 3 is 2.88 bits per heavy atom. The fourth-order valence-electron chi connectivity index (χ4n) is 1.58. The molecule has 0 aliphatic carbocycles. The van der Waals surface area contributed by atoms with Crippen LogP contribution in [0.3, 0.4) is 0 Å². The Bertz CT molecular complexity index is 685. The predicted molar refractivity (Wildman–Crippen MR) is 61.7 cm³/mol. The number of aromatic amines is 1. The molecule has 0 aliphatic heterocycles. The normalized spacial score (nSPS) is 10.4. The minimum Gasteiger partial charge on any atom is -0.359 e. The van der Waals surface area contributed by atoms with Crippen LogP contribution in [0.1, 0.15) is 11.1 Å². The number of aromatic nitrogens is 1. The third-order valence-corrected chi connectivity index (χ3v) is 3.15. The van der Waals surface area contributed by atoms with Crippen molar-refractivity contribution < 1.29 is 4.39 Å². The number of aryl methyl sites for hydroxylation is 1. The average molecular weight is 281 g/mol. The summed E-state index contributed by atoms with van der Waals surface area (Å²) in [6.07, 6.45) is 1.34. The molecule has 1 aromatic heterocycles. The Hall–Kier alpha value is -1.67. The molecule has 3 nitrogen and oxygen atoms in total. The number of fused-ring (bicyclic) bond motifs is 1. The SMILES string of the molecule is Cc1cc(F)c(Br)c2c(=O)c(C#N)c[nH]c12. The molecule has 5 heteroatoms. The van der Waals surface area contributed by atoms with Crippen molar-refractivity contribution >= 4 is 26.8 Å². The number of halogens is 2. The molecule has 0 bridgehead atoms. The number of hydrogen-bond acceptors (Lipinski definition) is 2. The quantitative estimate of drug-likeness (QED) is 0.807. The van der Waals surface area contributed by atoms with Gasteiger partial charge in [-0.25, -0.2) is 4.39 Å². The van der Waals surface area contributed by atoms with Crippen LogP contribution < -0.4 is 5.43 Å². The molecule has 1 heterocycles. The minimum atomic E-state index is -0.509. The summed E-state index contributed by atoms with van der Waals surface area (Å²) in [4.78, 5) is 14.7. The Morgan fingerprint density at radius 2 is 2.25 bits per heavy atom. The van der Waals surface area contributed by atoms with Gasteiger partial charge in [-0.3, -0.25) is 4.79 Å². The number of rotatable bonds is 0. The van der Waals surface area contributed by atoms with Gasteiger partial charge in [0.2, 0.25) is 5.43 Å². The Kier molecular flexibility index (Phi) is 2.52. The number of hydrogen-bond donors (Lipinski definition) is 1. The van der Waals surface area contributed by atoms with Crippen molar-refractivity contribution in [2.45, 2.75) is 6.92 Å². The largest absolute Gasteiger partial charge is 0.359 e. The van der Waals surface area contributed by atoms with E-state index in [-0.39, 0.29) is 15.4 Å². The molecule has 0 aliphatic rings. The number of nitriles is 1. The maximum Gasteiger partial charge on any atom is 0.208 e. The smallest absolute Gasteiger partial charge is 0.208 e. The summed E-state index contributed by atoms with van der Waals surface area (Å²) >= 11 is 3.02.